The predicted octanol–water partition coefficient (Wildman–Crippen LogP) is 7.42. The number of carboxylic acid groups (broad SMARTS) is 1. The zero-order valence-corrected chi connectivity index (χ0v) is 21.1. The molecule has 0 aliphatic carbocycles. The normalized spacial score (nSPS) is 13.7. The highest BCUT2D eigenvalue weighted by Crippen LogP contribution is 2.15. The van der Waals surface area contributed by atoms with Crippen molar-refractivity contribution in [3.63, 3.8) is 0 Å². The fourth-order valence-corrected chi connectivity index (χ4v) is 3.99. The van der Waals surface area contributed by atoms with Gasteiger partial charge in [0.05, 0.1) is 6.20 Å². The number of rotatable bonds is 16. The van der Waals surface area contributed by atoms with Gasteiger partial charge in [-0.05, 0) is 73.1 Å². The van der Waals surface area contributed by atoms with Gasteiger partial charge in [0.25, 0.3) is 6.01 Å². The van der Waals surface area contributed by atoms with Crippen molar-refractivity contribution in [3.8, 4) is 0 Å². The molecule has 0 fully saturated rings. The van der Waals surface area contributed by atoms with Crippen LogP contribution < -0.4 is 5.32 Å². The number of anilines is 1. The lowest BCUT2D eigenvalue weighted by Gasteiger charge is -2.11. The number of carboxylic acids is 1. The van der Waals surface area contributed by atoms with E-state index < -0.39 is 12.0 Å². The summed E-state index contributed by atoms with van der Waals surface area (Å²) >= 11 is 1.59. The first-order valence-electron chi connectivity index (χ1n) is 11.3. The molecule has 32 heavy (non-hydrogen) atoms. The fourth-order valence-electron chi connectivity index (χ4n) is 2.99. The predicted molar refractivity (Wildman–Crippen MR) is 137 cm³/mol. The van der Waals surface area contributed by atoms with Crippen LogP contribution in [0.2, 0.25) is 0 Å². The summed E-state index contributed by atoms with van der Waals surface area (Å²) in [5.74, 6) is 0.333. The molecule has 1 heterocycles. The minimum Gasteiger partial charge on any atom is -0.480 e. The first-order valence-corrected chi connectivity index (χ1v) is 12.5. The number of nitrogens with zero attached hydrogens (tertiary/aromatic N) is 1. The number of carbonyl (C=O) groups is 1. The maximum absolute atomic E-state index is 11.4. The zero-order valence-electron chi connectivity index (χ0n) is 20.3. The maximum atomic E-state index is 11.4. The van der Waals surface area contributed by atoms with Crippen LogP contribution in [0.15, 0.2) is 63.5 Å². The molecule has 5 nitrogen and oxygen atoms in total. The molecule has 1 atom stereocenters. The van der Waals surface area contributed by atoms with Gasteiger partial charge in [-0.3, -0.25) is 0 Å². The number of hydrogen-bond donors (Lipinski definition) is 2. The zero-order chi connectivity index (χ0) is 23.8. The largest absolute Gasteiger partial charge is 0.480 e. The van der Waals surface area contributed by atoms with E-state index >= 15 is 0 Å². The molecule has 0 aromatic carbocycles. The standard InChI is InChI=1S/C26H40N2O3S/c1-20(2)9-6-10-21(3)11-7-12-22(4)13-8-14-23(5)15-18-32-19-24(25(29)30)28-26-27-16-17-31-26/h9,11,13,15-17,24H,6-8,10,12,14,18-19H2,1-5H3,(H,27,28)(H,29,30)/b21-11+,22-13+,23-15+. The van der Waals surface area contributed by atoms with Gasteiger partial charge in [0.1, 0.15) is 12.3 Å². The first-order chi connectivity index (χ1) is 15.3. The van der Waals surface area contributed by atoms with E-state index in [1.54, 1.807) is 11.8 Å². The second kappa shape index (κ2) is 16.4. The summed E-state index contributed by atoms with van der Waals surface area (Å²) in [6.07, 6.45) is 18.7. The lowest BCUT2D eigenvalue weighted by Crippen LogP contribution is -2.31. The van der Waals surface area contributed by atoms with Gasteiger partial charge in [0.2, 0.25) is 0 Å². The molecular weight excluding hydrogens is 420 g/mol. The van der Waals surface area contributed by atoms with Gasteiger partial charge in [-0.2, -0.15) is 11.8 Å². The maximum Gasteiger partial charge on any atom is 0.327 e. The number of thioether (sulfide) groups is 1. The second-order valence-corrected chi connectivity index (χ2v) is 9.53. The SMILES string of the molecule is CC(C)=CCC/C(C)=C/CC/C(C)=C/CC/C(C)=C/CSCC(Nc1ncco1)C(=O)O. The van der Waals surface area contributed by atoms with Crippen LogP contribution in [0.5, 0.6) is 0 Å². The van der Waals surface area contributed by atoms with Gasteiger partial charge in [-0.25, -0.2) is 9.78 Å². The van der Waals surface area contributed by atoms with Crippen LogP contribution in [0, 0.1) is 0 Å². The Hall–Kier alpha value is -2.21. The van der Waals surface area contributed by atoms with Crippen molar-refractivity contribution in [3.05, 3.63) is 59.1 Å². The summed E-state index contributed by atoms with van der Waals surface area (Å²) in [5, 5.41) is 12.1. The van der Waals surface area contributed by atoms with E-state index in [1.165, 1.54) is 34.8 Å². The van der Waals surface area contributed by atoms with Gasteiger partial charge < -0.3 is 14.8 Å². The van der Waals surface area contributed by atoms with Crippen molar-refractivity contribution in [1.29, 1.82) is 0 Å². The molecule has 0 radical (unpaired) electrons. The van der Waals surface area contributed by atoms with E-state index in [2.05, 4.69) is 69.2 Å². The number of oxazole rings is 1. The Bertz CT molecular complexity index is 788. The molecule has 1 unspecified atom stereocenters. The minimum atomic E-state index is -0.907. The summed E-state index contributed by atoms with van der Waals surface area (Å²) < 4.78 is 5.06. The molecule has 1 rings (SSSR count). The van der Waals surface area contributed by atoms with E-state index in [-0.39, 0.29) is 6.01 Å². The molecule has 178 valence electrons. The molecule has 6 heteroatoms. The summed E-state index contributed by atoms with van der Waals surface area (Å²) in [6.45, 7) is 10.9. The number of nitrogens with one attached hydrogen (secondary N) is 1. The monoisotopic (exact) mass is 460 g/mol. The van der Waals surface area contributed by atoms with Gasteiger partial charge in [0, 0.05) is 11.5 Å². The highest BCUT2D eigenvalue weighted by atomic mass is 32.2. The number of aromatic nitrogens is 1. The van der Waals surface area contributed by atoms with Crippen molar-refractivity contribution in [2.24, 2.45) is 0 Å². The Morgan fingerprint density at radius 3 is 2.06 bits per heavy atom. The molecule has 0 saturated carbocycles. The smallest absolute Gasteiger partial charge is 0.327 e. The number of aliphatic carboxylic acids is 1. The average Bonchev–Trinajstić information content (AvgIpc) is 3.23. The van der Waals surface area contributed by atoms with Gasteiger partial charge >= 0.3 is 5.97 Å². The van der Waals surface area contributed by atoms with Crippen molar-refractivity contribution in [2.45, 2.75) is 79.2 Å². The van der Waals surface area contributed by atoms with Crippen LogP contribution in [0.4, 0.5) is 6.01 Å². The van der Waals surface area contributed by atoms with Crippen LogP contribution in [0.1, 0.15) is 73.1 Å². The Kier molecular flexibility index (Phi) is 14.3. The van der Waals surface area contributed by atoms with Crippen LogP contribution in [0.25, 0.3) is 0 Å². The summed E-state index contributed by atoms with van der Waals surface area (Å²) in [5.41, 5.74) is 5.66. The van der Waals surface area contributed by atoms with Gasteiger partial charge in [0.15, 0.2) is 0 Å². The molecule has 1 aromatic rings. The van der Waals surface area contributed by atoms with Crippen molar-refractivity contribution in [2.75, 3.05) is 16.8 Å². The van der Waals surface area contributed by atoms with E-state index in [0.29, 0.717) is 5.75 Å². The molecule has 1 aromatic heterocycles. The summed E-state index contributed by atoms with van der Waals surface area (Å²) in [7, 11) is 0. The third-order valence-corrected chi connectivity index (χ3v) is 5.99. The third-order valence-electron chi connectivity index (χ3n) is 5.02. The van der Waals surface area contributed by atoms with Crippen molar-refractivity contribution in [1.82, 2.24) is 4.98 Å². The molecule has 0 aliphatic heterocycles. The van der Waals surface area contributed by atoms with Gasteiger partial charge in [-0.15, -0.1) is 0 Å². The minimum absolute atomic E-state index is 0.237. The van der Waals surface area contributed by atoms with Crippen molar-refractivity contribution < 1.29 is 14.3 Å². The van der Waals surface area contributed by atoms with Crippen LogP contribution >= 0.6 is 11.8 Å². The Morgan fingerprint density at radius 1 is 1.00 bits per heavy atom. The molecule has 0 bridgehead atoms. The summed E-state index contributed by atoms with van der Waals surface area (Å²) in [6, 6.07) is -0.482. The molecule has 0 aliphatic rings. The highest BCUT2D eigenvalue weighted by molar-refractivity contribution is 7.99. The first kappa shape index (κ1) is 27.8. The van der Waals surface area contributed by atoms with E-state index in [9.17, 15) is 9.90 Å². The second-order valence-electron chi connectivity index (χ2n) is 8.46. The molecule has 0 saturated heterocycles. The third kappa shape index (κ3) is 14.0. The van der Waals surface area contributed by atoms with E-state index in [4.69, 9.17) is 4.42 Å². The van der Waals surface area contributed by atoms with Crippen LogP contribution in [-0.2, 0) is 4.79 Å². The molecule has 0 amide bonds. The van der Waals surface area contributed by atoms with Crippen LogP contribution in [0.3, 0.4) is 0 Å². The number of allylic oxidation sites excluding steroid dienone is 7. The van der Waals surface area contributed by atoms with E-state index in [0.717, 1.165) is 44.3 Å². The summed E-state index contributed by atoms with van der Waals surface area (Å²) in [4.78, 5) is 15.3. The van der Waals surface area contributed by atoms with Crippen LogP contribution in [-0.4, -0.2) is 33.6 Å². The fraction of sp³-hybridized carbons (Fsp3) is 0.538. The van der Waals surface area contributed by atoms with E-state index in [1.807, 2.05) is 0 Å². The lowest BCUT2D eigenvalue weighted by molar-refractivity contribution is -0.137. The number of hydrogen-bond acceptors (Lipinski definition) is 5. The quantitative estimate of drug-likeness (QED) is 0.197. The molecule has 2 N–H and O–H groups in total. The van der Waals surface area contributed by atoms with Gasteiger partial charge in [-0.1, -0.05) is 46.6 Å². The van der Waals surface area contributed by atoms with Crippen molar-refractivity contribution >= 4 is 23.7 Å². The highest BCUT2D eigenvalue weighted by Gasteiger charge is 2.18. The lowest BCUT2D eigenvalue weighted by atomic mass is 10.0. The Balaban J connectivity index is 2.24. The Morgan fingerprint density at radius 2 is 1.56 bits per heavy atom. The molecule has 0 spiro atoms. The average molecular weight is 461 g/mol. The Labute approximate surface area is 198 Å². The topological polar surface area (TPSA) is 75.4 Å². The molecular formula is C26H40N2O3S.